The van der Waals surface area contributed by atoms with Gasteiger partial charge in [-0.15, -0.1) is 0 Å². The topological polar surface area (TPSA) is 71.1 Å². The monoisotopic (exact) mass is 322 g/mol. The van der Waals surface area contributed by atoms with Crippen LogP contribution in [0.4, 0.5) is 0 Å². The van der Waals surface area contributed by atoms with Crippen molar-refractivity contribution >= 4 is 13.6 Å². The Morgan fingerprint density at radius 3 is 2.24 bits per heavy atom. The highest BCUT2D eigenvalue weighted by Crippen LogP contribution is 2.53. The zero-order valence-electron chi connectivity index (χ0n) is 13.8. The molecule has 1 heterocycles. The minimum atomic E-state index is -3.67. The van der Waals surface area contributed by atoms with E-state index in [4.69, 9.17) is 18.3 Å². The van der Waals surface area contributed by atoms with Crippen LogP contribution in [0.5, 0.6) is 0 Å². The smallest absolute Gasteiger partial charge is 0.365 e. The predicted molar refractivity (Wildman–Crippen MR) is 79.2 cm³/mol. The largest absolute Gasteiger partial charge is 0.475 e. The van der Waals surface area contributed by atoms with Gasteiger partial charge in [0.15, 0.2) is 11.4 Å². The molecular weight excluding hydrogens is 295 g/mol. The van der Waals surface area contributed by atoms with Gasteiger partial charge in [-0.05, 0) is 20.8 Å². The molecule has 2 atom stereocenters. The SMILES string of the molecule is CCOP(=O)(OCC)O[C@H]1CCO[C@@]1(C)C(=O)C(C)(C)C. The number of phosphoric ester groups is 1. The number of phosphoric acid groups is 1. The van der Waals surface area contributed by atoms with E-state index in [0.717, 1.165) is 0 Å². The van der Waals surface area contributed by atoms with Gasteiger partial charge in [-0.2, -0.15) is 0 Å². The highest BCUT2D eigenvalue weighted by molar-refractivity contribution is 7.48. The van der Waals surface area contributed by atoms with Gasteiger partial charge in [0.05, 0.1) is 19.8 Å². The average molecular weight is 322 g/mol. The minimum absolute atomic E-state index is 0.0861. The fourth-order valence-electron chi connectivity index (χ4n) is 2.43. The van der Waals surface area contributed by atoms with Gasteiger partial charge in [0.2, 0.25) is 0 Å². The lowest BCUT2D eigenvalue weighted by Gasteiger charge is -2.35. The third-order valence-electron chi connectivity index (χ3n) is 3.36. The van der Waals surface area contributed by atoms with E-state index in [-0.39, 0.29) is 19.0 Å². The summed E-state index contributed by atoms with van der Waals surface area (Å²) in [5.41, 5.74) is -1.72. The lowest BCUT2D eigenvalue weighted by atomic mass is 9.79. The Morgan fingerprint density at radius 1 is 1.29 bits per heavy atom. The summed E-state index contributed by atoms with van der Waals surface area (Å²) in [6.07, 6.45) is -0.171. The number of hydrogen-bond acceptors (Lipinski definition) is 6. The van der Waals surface area contributed by atoms with Gasteiger partial charge >= 0.3 is 7.82 Å². The zero-order chi connectivity index (χ0) is 16.3. The first-order chi connectivity index (χ1) is 9.59. The van der Waals surface area contributed by atoms with E-state index in [1.165, 1.54) is 0 Å². The molecule has 1 aliphatic rings. The summed E-state index contributed by atoms with van der Waals surface area (Å²) in [5, 5.41) is 0. The van der Waals surface area contributed by atoms with E-state index in [1.807, 2.05) is 20.8 Å². The molecule has 0 aromatic heterocycles. The molecular formula is C14H27O6P. The van der Waals surface area contributed by atoms with E-state index in [9.17, 15) is 9.36 Å². The number of rotatable bonds is 7. The predicted octanol–water partition coefficient (Wildman–Crippen LogP) is 3.35. The number of carbonyl (C=O) groups is 1. The maximum absolute atomic E-state index is 12.6. The molecule has 7 heteroatoms. The van der Waals surface area contributed by atoms with E-state index in [0.29, 0.717) is 13.0 Å². The van der Waals surface area contributed by atoms with Crippen molar-refractivity contribution in [2.75, 3.05) is 19.8 Å². The van der Waals surface area contributed by atoms with Gasteiger partial charge < -0.3 is 4.74 Å². The third kappa shape index (κ3) is 4.36. The highest BCUT2D eigenvalue weighted by Gasteiger charge is 2.53. The summed E-state index contributed by atoms with van der Waals surface area (Å²) >= 11 is 0. The molecule has 1 saturated heterocycles. The molecule has 0 spiro atoms. The second kappa shape index (κ2) is 6.88. The number of Topliss-reactive ketones (excluding diaryl/α,β-unsaturated/α-hetero) is 1. The summed E-state index contributed by atoms with van der Waals surface area (Å²) < 4.78 is 34.0. The molecule has 1 rings (SSSR count). The molecule has 0 radical (unpaired) electrons. The van der Waals surface area contributed by atoms with Crippen molar-refractivity contribution in [1.82, 2.24) is 0 Å². The van der Waals surface area contributed by atoms with Gasteiger partial charge in [0.1, 0.15) is 6.10 Å². The Morgan fingerprint density at radius 2 is 1.81 bits per heavy atom. The molecule has 1 fully saturated rings. The summed E-state index contributed by atoms with van der Waals surface area (Å²) in [5.74, 6) is -0.0861. The number of hydrogen-bond donors (Lipinski definition) is 0. The summed E-state index contributed by atoms with van der Waals surface area (Å²) in [7, 11) is -3.67. The molecule has 0 N–H and O–H groups in total. The highest BCUT2D eigenvalue weighted by atomic mass is 31.2. The first kappa shape index (κ1) is 18.8. The van der Waals surface area contributed by atoms with Crippen LogP contribution >= 0.6 is 7.82 Å². The summed E-state index contributed by atoms with van der Waals surface area (Å²) in [4.78, 5) is 12.6. The van der Waals surface area contributed by atoms with Crippen LogP contribution in [0.15, 0.2) is 0 Å². The molecule has 0 aromatic rings. The fourth-order valence-corrected chi connectivity index (χ4v) is 3.87. The summed E-state index contributed by atoms with van der Waals surface area (Å²) in [6.45, 7) is 11.3. The molecule has 0 aromatic carbocycles. The van der Waals surface area contributed by atoms with Crippen molar-refractivity contribution in [3.05, 3.63) is 0 Å². The van der Waals surface area contributed by atoms with Gasteiger partial charge in [-0.1, -0.05) is 20.8 Å². The zero-order valence-corrected chi connectivity index (χ0v) is 14.7. The minimum Gasteiger partial charge on any atom is -0.365 e. The molecule has 0 aliphatic carbocycles. The Hall–Kier alpha value is -0.260. The fraction of sp³-hybridized carbons (Fsp3) is 0.929. The van der Waals surface area contributed by atoms with Crippen LogP contribution in [0.1, 0.15) is 48.0 Å². The molecule has 0 amide bonds. The van der Waals surface area contributed by atoms with Crippen LogP contribution < -0.4 is 0 Å². The van der Waals surface area contributed by atoms with Crippen molar-refractivity contribution in [1.29, 1.82) is 0 Å². The van der Waals surface area contributed by atoms with E-state index in [2.05, 4.69) is 0 Å². The van der Waals surface area contributed by atoms with Crippen LogP contribution in [0.25, 0.3) is 0 Å². The van der Waals surface area contributed by atoms with Crippen molar-refractivity contribution in [3.63, 3.8) is 0 Å². The molecule has 1 aliphatic heterocycles. The number of carbonyl (C=O) groups excluding carboxylic acids is 1. The van der Waals surface area contributed by atoms with E-state index in [1.54, 1.807) is 20.8 Å². The average Bonchev–Trinajstić information content (AvgIpc) is 2.70. The lowest BCUT2D eigenvalue weighted by Crippen LogP contribution is -2.50. The quantitative estimate of drug-likeness (QED) is 0.669. The van der Waals surface area contributed by atoms with Crippen molar-refractivity contribution in [3.8, 4) is 0 Å². The normalized spacial score (nSPS) is 27.0. The van der Waals surface area contributed by atoms with Gasteiger partial charge in [-0.3, -0.25) is 18.4 Å². The molecule has 0 saturated carbocycles. The molecule has 124 valence electrons. The Balaban J connectivity index is 2.95. The van der Waals surface area contributed by atoms with Gasteiger partial charge in [-0.25, -0.2) is 4.57 Å². The van der Waals surface area contributed by atoms with E-state index < -0.39 is 24.9 Å². The standard InChI is InChI=1S/C14H27O6P/c1-7-18-21(16,19-8-2)20-11-9-10-17-14(11,6)12(15)13(3,4)5/h11H,7-10H2,1-6H3/t11-,14+/m0/s1. The van der Waals surface area contributed by atoms with Crippen LogP contribution in [-0.4, -0.2) is 37.3 Å². The molecule has 0 bridgehead atoms. The maximum atomic E-state index is 12.6. The number of ketones is 1. The van der Waals surface area contributed by atoms with E-state index >= 15 is 0 Å². The Kier molecular flexibility index (Phi) is 6.16. The van der Waals surface area contributed by atoms with Crippen molar-refractivity contribution in [2.45, 2.75) is 59.7 Å². The van der Waals surface area contributed by atoms with Crippen molar-refractivity contribution < 1.29 is 27.7 Å². The molecule has 6 nitrogen and oxygen atoms in total. The third-order valence-corrected chi connectivity index (χ3v) is 5.02. The first-order valence-electron chi connectivity index (χ1n) is 7.35. The van der Waals surface area contributed by atoms with Crippen LogP contribution in [0.2, 0.25) is 0 Å². The Bertz CT molecular complexity index is 406. The molecule has 21 heavy (non-hydrogen) atoms. The summed E-state index contributed by atoms with van der Waals surface area (Å²) in [6, 6.07) is 0. The number of ether oxygens (including phenoxy) is 1. The van der Waals surface area contributed by atoms with Crippen LogP contribution in [0.3, 0.4) is 0 Å². The van der Waals surface area contributed by atoms with Gasteiger partial charge in [0, 0.05) is 11.8 Å². The maximum Gasteiger partial charge on any atom is 0.475 e. The first-order valence-corrected chi connectivity index (χ1v) is 8.81. The molecule has 0 unspecified atom stereocenters. The van der Waals surface area contributed by atoms with Crippen molar-refractivity contribution in [2.24, 2.45) is 5.41 Å². The van der Waals surface area contributed by atoms with Gasteiger partial charge in [0.25, 0.3) is 0 Å². The van der Waals surface area contributed by atoms with Crippen LogP contribution in [0, 0.1) is 5.41 Å². The second-order valence-corrected chi connectivity index (χ2v) is 7.82. The second-order valence-electron chi connectivity index (χ2n) is 6.20. The Labute approximate surface area is 127 Å². The van der Waals surface area contributed by atoms with Crippen LogP contribution in [-0.2, 0) is 27.7 Å². The lowest BCUT2D eigenvalue weighted by molar-refractivity contribution is -0.152.